The Bertz CT molecular complexity index is 3500. The Morgan fingerprint density at radius 3 is 1.72 bits per heavy atom. The van der Waals surface area contributed by atoms with Gasteiger partial charge in [-0.1, -0.05) is 133 Å². The first-order valence-corrected chi connectivity index (χ1v) is 14.3. The van der Waals surface area contributed by atoms with Gasteiger partial charge in [0.1, 0.15) is 11.2 Å². The number of hydrogen-bond acceptors (Lipinski definition) is 4. The number of hydrogen-bond donors (Lipinski definition) is 0. The van der Waals surface area contributed by atoms with Gasteiger partial charge in [0, 0.05) is 27.5 Å². The summed E-state index contributed by atoms with van der Waals surface area (Å²) in [5.74, 6) is -0.286. The van der Waals surface area contributed by atoms with E-state index in [1.165, 1.54) is 6.07 Å². The summed E-state index contributed by atoms with van der Waals surface area (Å²) in [6.07, 6.45) is 0. The van der Waals surface area contributed by atoms with E-state index >= 15 is 0 Å². The molecule has 0 spiro atoms. The van der Waals surface area contributed by atoms with Crippen LogP contribution in [-0.4, -0.2) is 15.0 Å². The molecule has 0 aliphatic carbocycles. The summed E-state index contributed by atoms with van der Waals surface area (Å²) < 4.78 is 150. The van der Waals surface area contributed by atoms with Crippen molar-refractivity contribution in [3.8, 4) is 56.4 Å². The van der Waals surface area contributed by atoms with E-state index in [2.05, 4.69) is 0 Å². The molecule has 0 amide bonds. The van der Waals surface area contributed by atoms with Gasteiger partial charge in [0.15, 0.2) is 17.5 Å². The quantitative estimate of drug-likeness (QED) is 0.193. The monoisotopic (exact) mass is 618 g/mol. The van der Waals surface area contributed by atoms with Crippen molar-refractivity contribution in [1.82, 2.24) is 15.0 Å². The summed E-state index contributed by atoms with van der Waals surface area (Å²) in [5, 5.41) is 0.966. The number of rotatable bonds is 5. The van der Waals surface area contributed by atoms with E-state index in [-0.39, 0.29) is 79.3 Å². The number of fused-ring (bicyclic) bond motifs is 4. The highest BCUT2D eigenvalue weighted by molar-refractivity contribution is 6.11. The van der Waals surface area contributed by atoms with Gasteiger partial charge in [-0.3, -0.25) is 0 Å². The summed E-state index contributed by atoms with van der Waals surface area (Å²) in [7, 11) is 0. The van der Waals surface area contributed by atoms with E-state index in [0.717, 1.165) is 0 Å². The van der Waals surface area contributed by atoms with Crippen LogP contribution in [0.5, 0.6) is 0 Å². The fraction of sp³-hybridized carbons (Fsp3) is 0. The maximum absolute atomic E-state index is 9.16. The zero-order valence-electron chi connectivity index (χ0n) is 41.0. The van der Waals surface area contributed by atoms with Gasteiger partial charge >= 0.3 is 0 Å². The van der Waals surface area contributed by atoms with E-state index in [0.29, 0.717) is 21.9 Å². The molecule has 220 valence electrons. The van der Waals surface area contributed by atoms with Crippen LogP contribution in [0.1, 0.15) is 23.3 Å². The molecule has 0 saturated carbocycles. The summed E-state index contributed by atoms with van der Waals surface area (Å²) >= 11 is 0. The Balaban J connectivity index is 1.31. The van der Waals surface area contributed by atoms with Gasteiger partial charge < -0.3 is 4.42 Å². The van der Waals surface area contributed by atoms with Crippen molar-refractivity contribution >= 4 is 32.7 Å². The molecular formula is C43H27N3O. The molecule has 0 N–H and O–H groups in total. The zero-order chi connectivity index (χ0) is 46.0. The number of furan rings is 1. The number of benzene rings is 7. The summed E-state index contributed by atoms with van der Waals surface area (Å²) in [5.41, 5.74) is 0.395. The average molecular weight is 619 g/mol. The molecule has 0 saturated heterocycles. The minimum atomic E-state index is -0.607. The van der Waals surface area contributed by atoms with Gasteiger partial charge in [-0.15, -0.1) is 0 Å². The molecular weight excluding hydrogens is 574 g/mol. The standard InChI is InChI=1S/C43H27N3O/c1-3-11-28(12-4-1)30-15-9-16-34(26-30)41-44-42(35-24-23-32-25-31(21-22-33(32)27-35)29-13-5-2-6-14-29)46-43(45-41)37-18-10-20-39-40(37)36-17-7-8-19-38(36)47-39/h1-27H/i1D,2D,3D,4D,5D,6D,7D,8D,10D,11D,12D,13D,14D,17D,18D,19D,20D. The lowest BCUT2D eigenvalue weighted by molar-refractivity contribution is 0.669. The van der Waals surface area contributed by atoms with Crippen molar-refractivity contribution in [2.24, 2.45) is 0 Å². The Hall–Kier alpha value is -6.39. The van der Waals surface area contributed by atoms with Gasteiger partial charge in [-0.05, 0) is 63.3 Å². The van der Waals surface area contributed by atoms with Crippen LogP contribution in [0.2, 0.25) is 0 Å². The van der Waals surface area contributed by atoms with E-state index in [1.807, 2.05) is 0 Å². The van der Waals surface area contributed by atoms with Crippen LogP contribution in [0, 0.1) is 0 Å². The lowest BCUT2D eigenvalue weighted by atomic mass is 9.99. The molecule has 7 aromatic carbocycles. The predicted octanol–water partition coefficient (Wildman–Crippen LogP) is 11.3. The number of para-hydroxylation sites is 1. The molecule has 0 bridgehead atoms. The highest BCUT2D eigenvalue weighted by atomic mass is 16.3. The van der Waals surface area contributed by atoms with Crippen molar-refractivity contribution in [3.63, 3.8) is 0 Å². The van der Waals surface area contributed by atoms with Gasteiger partial charge in [0.05, 0.1) is 23.3 Å². The Kier molecular flexibility index (Phi) is 3.53. The van der Waals surface area contributed by atoms with Crippen molar-refractivity contribution in [2.45, 2.75) is 0 Å². The van der Waals surface area contributed by atoms with Crippen molar-refractivity contribution in [3.05, 3.63) is 163 Å². The Labute approximate surface area is 295 Å². The van der Waals surface area contributed by atoms with E-state index in [9.17, 15) is 0 Å². The fourth-order valence-corrected chi connectivity index (χ4v) is 5.42. The molecule has 9 rings (SSSR count). The maximum Gasteiger partial charge on any atom is 0.164 e. The molecule has 4 nitrogen and oxygen atoms in total. The predicted molar refractivity (Wildman–Crippen MR) is 192 cm³/mol. The smallest absolute Gasteiger partial charge is 0.164 e. The van der Waals surface area contributed by atoms with E-state index in [4.69, 9.17) is 42.7 Å². The SMILES string of the molecule is [2H]c1c([2H])c([2H])c(-c2cccc(-c3nc(-c4ccc5cc(-c6c([2H])c([2H])c([2H])c([2H])c6[2H])ccc5c4)nc(-c4c([2H])c([2H])c([2H])c5oc6c([2H])c([2H])c([2H])c([2H])c6c45)n3)c2)c([2H])c1[2H]. The summed E-state index contributed by atoms with van der Waals surface area (Å²) in [6.45, 7) is 0. The second-order valence-electron chi connectivity index (χ2n) is 10.4. The van der Waals surface area contributed by atoms with Crippen LogP contribution in [0.3, 0.4) is 0 Å². The molecule has 2 heterocycles. The Morgan fingerprint density at radius 1 is 0.426 bits per heavy atom. The zero-order valence-corrected chi connectivity index (χ0v) is 24.0. The Morgan fingerprint density at radius 2 is 0.979 bits per heavy atom. The van der Waals surface area contributed by atoms with Crippen LogP contribution >= 0.6 is 0 Å². The van der Waals surface area contributed by atoms with Gasteiger partial charge in [0.2, 0.25) is 0 Å². The second-order valence-corrected chi connectivity index (χ2v) is 10.4. The second kappa shape index (κ2) is 11.2. The van der Waals surface area contributed by atoms with Crippen LogP contribution in [-0.2, 0) is 0 Å². The highest BCUT2D eigenvalue weighted by Crippen LogP contribution is 2.37. The van der Waals surface area contributed by atoms with Crippen LogP contribution in [0.25, 0.3) is 89.1 Å². The minimum absolute atomic E-state index is 0.00791. The first kappa shape index (κ1) is 14.8. The third-order valence-corrected chi connectivity index (χ3v) is 7.60. The summed E-state index contributed by atoms with van der Waals surface area (Å²) in [4.78, 5) is 14.3. The lowest BCUT2D eigenvalue weighted by Gasteiger charge is -2.11. The number of nitrogens with zero attached hydrogens (tertiary/aromatic N) is 3. The molecule has 0 radical (unpaired) electrons. The lowest BCUT2D eigenvalue weighted by Crippen LogP contribution is -2.00. The fourth-order valence-electron chi connectivity index (χ4n) is 5.42. The first-order chi connectivity index (χ1) is 30.3. The molecule has 0 aliphatic heterocycles. The van der Waals surface area contributed by atoms with Gasteiger partial charge in [0.25, 0.3) is 0 Å². The topological polar surface area (TPSA) is 51.8 Å². The molecule has 0 unspecified atom stereocenters. The van der Waals surface area contributed by atoms with Gasteiger partial charge in [-0.2, -0.15) is 0 Å². The minimum Gasteiger partial charge on any atom is -0.456 e. The maximum atomic E-state index is 9.16. The third kappa shape index (κ3) is 4.93. The summed E-state index contributed by atoms with van der Waals surface area (Å²) in [6, 6.07) is 7.63. The first-order valence-electron chi connectivity index (χ1n) is 22.8. The third-order valence-electron chi connectivity index (χ3n) is 7.60. The van der Waals surface area contributed by atoms with Crippen molar-refractivity contribution in [1.29, 1.82) is 0 Å². The normalized spacial score (nSPS) is 16.5. The average Bonchev–Trinajstić information content (AvgIpc) is 3.70. The largest absolute Gasteiger partial charge is 0.456 e. The van der Waals surface area contributed by atoms with E-state index < -0.39 is 90.6 Å². The van der Waals surface area contributed by atoms with Crippen LogP contribution in [0.15, 0.2) is 168 Å². The molecule has 47 heavy (non-hydrogen) atoms. The van der Waals surface area contributed by atoms with Crippen molar-refractivity contribution < 1.29 is 27.7 Å². The van der Waals surface area contributed by atoms with Gasteiger partial charge in [-0.25, -0.2) is 15.0 Å². The number of aromatic nitrogens is 3. The molecule has 4 heteroatoms. The highest BCUT2D eigenvalue weighted by Gasteiger charge is 2.18. The van der Waals surface area contributed by atoms with Crippen LogP contribution in [0.4, 0.5) is 0 Å². The molecule has 9 aromatic rings. The van der Waals surface area contributed by atoms with E-state index in [1.54, 1.807) is 54.6 Å². The van der Waals surface area contributed by atoms with Crippen LogP contribution < -0.4 is 0 Å². The molecule has 0 atom stereocenters. The molecule has 0 aliphatic rings. The molecule has 0 fully saturated rings. The molecule has 2 aromatic heterocycles. The van der Waals surface area contributed by atoms with Crippen molar-refractivity contribution in [2.75, 3.05) is 0 Å².